The third-order valence-electron chi connectivity index (χ3n) is 1.10. The number of rotatable bonds is 5. The van der Waals surface area contributed by atoms with Crippen LogP contribution in [0, 0.1) is 0 Å². The molecule has 0 radical (unpaired) electrons. The molecular formula is C9H14O3. The van der Waals surface area contributed by atoms with Gasteiger partial charge in [-0.25, -0.2) is 0 Å². The highest BCUT2D eigenvalue weighted by Gasteiger charge is 2.04. The molecule has 0 aromatic rings. The van der Waals surface area contributed by atoms with Crippen molar-refractivity contribution in [3.63, 3.8) is 0 Å². The lowest BCUT2D eigenvalue weighted by molar-refractivity contribution is -0.143. The summed E-state index contributed by atoms with van der Waals surface area (Å²) in [7, 11) is 0. The Morgan fingerprint density at radius 2 is 2.25 bits per heavy atom. The van der Waals surface area contributed by atoms with Crippen LogP contribution < -0.4 is 0 Å². The molecule has 0 aliphatic carbocycles. The molecule has 68 valence electrons. The van der Waals surface area contributed by atoms with Gasteiger partial charge in [0.2, 0.25) is 0 Å². The first-order valence-electron chi connectivity index (χ1n) is 3.67. The fourth-order valence-electron chi connectivity index (χ4n) is 0.575. The van der Waals surface area contributed by atoms with E-state index in [1.54, 1.807) is 6.92 Å². The molecule has 3 heteroatoms. The summed E-state index contributed by atoms with van der Waals surface area (Å²) in [6.07, 6.45) is 1.32. The smallest absolute Gasteiger partial charge is 0.302 e. The maximum absolute atomic E-state index is 10.4. The van der Waals surface area contributed by atoms with Gasteiger partial charge in [0.05, 0.1) is 0 Å². The Bertz CT molecular complexity index is 184. The third kappa shape index (κ3) is 5.53. The molecule has 0 aliphatic heterocycles. The molecule has 0 fully saturated rings. The van der Waals surface area contributed by atoms with Crippen molar-refractivity contribution in [2.45, 2.75) is 20.0 Å². The standard InChI is InChI=1S/C9H14O3/c1-5-7(2)12-8(3)6-11-9(4)10/h5,8H,1-2,6H2,3-4H3. The second-order valence-electron chi connectivity index (χ2n) is 2.40. The SMILES string of the molecule is C=CC(=C)OC(C)COC(C)=O. The fraction of sp³-hybridized carbons (Fsp3) is 0.444. The van der Waals surface area contributed by atoms with Crippen LogP contribution in [0.2, 0.25) is 0 Å². The van der Waals surface area contributed by atoms with Crippen LogP contribution >= 0.6 is 0 Å². The van der Waals surface area contributed by atoms with E-state index in [4.69, 9.17) is 9.47 Å². The van der Waals surface area contributed by atoms with Crippen molar-refractivity contribution in [2.24, 2.45) is 0 Å². The number of ether oxygens (including phenoxy) is 2. The topological polar surface area (TPSA) is 35.5 Å². The fourth-order valence-corrected chi connectivity index (χ4v) is 0.575. The summed E-state index contributed by atoms with van der Waals surface area (Å²) in [5.74, 6) is 0.171. The molecule has 12 heavy (non-hydrogen) atoms. The molecule has 1 unspecified atom stereocenters. The van der Waals surface area contributed by atoms with Gasteiger partial charge in [-0.15, -0.1) is 0 Å². The Morgan fingerprint density at radius 3 is 2.67 bits per heavy atom. The third-order valence-corrected chi connectivity index (χ3v) is 1.10. The van der Waals surface area contributed by atoms with Crippen LogP contribution in [-0.2, 0) is 14.3 Å². The Labute approximate surface area is 72.7 Å². The maximum atomic E-state index is 10.4. The molecular weight excluding hydrogens is 156 g/mol. The molecule has 0 amide bonds. The quantitative estimate of drug-likeness (QED) is 0.357. The van der Waals surface area contributed by atoms with Crippen molar-refractivity contribution >= 4 is 5.97 Å². The average Bonchev–Trinajstić information content (AvgIpc) is 2.00. The van der Waals surface area contributed by atoms with Crippen LogP contribution in [0.3, 0.4) is 0 Å². The first-order chi connectivity index (χ1) is 5.56. The van der Waals surface area contributed by atoms with Crippen LogP contribution in [0.5, 0.6) is 0 Å². The van der Waals surface area contributed by atoms with Gasteiger partial charge in [0.15, 0.2) is 0 Å². The molecule has 0 spiro atoms. The van der Waals surface area contributed by atoms with E-state index in [0.717, 1.165) is 0 Å². The lowest BCUT2D eigenvalue weighted by Gasteiger charge is -2.13. The zero-order valence-electron chi connectivity index (χ0n) is 7.50. The Kier molecular flexibility index (Phi) is 4.84. The van der Waals surface area contributed by atoms with Crippen molar-refractivity contribution in [3.8, 4) is 0 Å². The monoisotopic (exact) mass is 170 g/mol. The van der Waals surface area contributed by atoms with Crippen molar-refractivity contribution in [3.05, 3.63) is 25.0 Å². The van der Waals surface area contributed by atoms with Gasteiger partial charge in [-0.1, -0.05) is 13.2 Å². The molecule has 0 saturated carbocycles. The normalized spacial score (nSPS) is 11.5. The van der Waals surface area contributed by atoms with Gasteiger partial charge in [-0.3, -0.25) is 4.79 Å². The van der Waals surface area contributed by atoms with E-state index < -0.39 is 0 Å². The molecule has 0 rings (SSSR count). The molecule has 0 aromatic carbocycles. The maximum Gasteiger partial charge on any atom is 0.302 e. The number of carbonyl (C=O) groups excluding carboxylic acids is 1. The van der Waals surface area contributed by atoms with Gasteiger partial charge in [-0.2, -0.15) is 0 Å². The van der Waals surface area contributed by atoms with E-state index in [9.17, 15) is 4.79 Å². The highest BCUT2D eigenvalue weighted by Crippen LogP contribution is 2.01. The van der Waals surface area contributed by atoms with E-state index in [0.29, 0.717) is 5.76 Å². The van der Waals surface area contributed by atoms with Gasteiger partial charge >= 0.3 is 5.97 Å². The van der Waals surface area contributed by atoms with E-state index in [1.807, 2.05) is 0 Å². The Morgan fingerprint density at radius 1 is 1.67 bits per heavy atom. The lowest BCUT2D eigenvalue weighted by Crippen LogP contribution is -2.16. The second kappa shape index (κ2) is 5.41. The van der Waals surface area contributed by atoms with Crippen molar-refractivity contribution in [1.29, 1.82) is 0 Å². The van der Waals surface area contributed by atoms with Crippen molar-refractivity contribution < 1.29 is 14.3 Å². The van der Waals surface area contributed by atoms with Crippen LogP contribution in [0.4, 0.5) is 0 Å². The summed E-state index contributed by atoms with van der Waals surface area (Å²) < 4.78 is 9.87. The molecule has 0 N–H and O–H groups in total. The van der Waals surface area contributed by atoms with Crippen LogP contribution in [0.25, 0.3) is 0 Å². The summed E-state index contributed by atoms with van der Waals surface area (Å²) in [6, 6.07) is 0. The van der Waals surface area contributed by atoms with Gasteiger partial charge in [-0.05, 0) is 13.0 Å². The lowest BCUT2D eigenvalue weighted by atomic mass is 10.4. The van der Waals surface area contributed by atoms with E-state index in [-0.39, 0.29) is 18.7 Å². The molecule has 0 aliphatic rings. The summed E-state index contributed by atoms with van der Waals surface area (Å²) in [4.78, 5) is 10.4. The minimum atomic E-state index is -0.310. The second-order valence-corrected chi connectivity index (χ2v) is 2.40. The predicted molar refractivity (Wildman–Crippen MR) is 46.5 cm³/mol. The molecule has 0 heterocycles. The first kappa shape index (κ1) is 10.8. The van der Waals surface area contributed by atoms with E-state index in [2.05, 4.69) is 13.2 Å². The van der Waals surface area contributed by atoms with Crippen LogP contribution in [-0.4, -0.2) is 18.7 Å². The molecule has 0 aromatic heterocycles. The number of hydrogen-bond acceptors (Lipinski definition) is 3. The largest absolute Gasteiger partial charge is 0.488 e. The number of carbonyl (C=O) groups is 1. The molecule has 3 nitrogen and oxygen atoms in total. The molecule has 0 bridgehead atoms. The van der Waals surface area contributed by atoms with E-state index in [1.165, 1.54) is 13.0 Å². The predicted octanol–water partition coefficient (Wildman–Crippen LogP) is 1.65. The van der Waals surface area contributed by atoms with Gasteiger partial charge in [0, 0.05) is 6.92 Å². The van der Waals surface area contributed by atoms with E-state index >= 15 is 0 Å². The summed E-state index contributed by atoms with van der Waals surface area (Å²) in [5, 5.41) is 0. The van der Waals surface area contributed by atoms with Gasteiger partial charge < -0.3 is 9.47 Å². The van der Waals surface area contributed by atoms with Crippen LogP contribution in [0.1, 0.15) is 13.8 Å². The number of esters is 1. The highest BCUT2D eigenvalue weighted by molar-refractivity contribution is 5.65. The van der Waals surface area contributed by atoms with Gasteiger partial charge in [0.25, 0.3) is 0 Å². The number of allylic oxidation sites excluding steroid dienone is 1. The summed E-state index contributed by atoms with van der Waals surface area (Å²) in [5.41, 5.74) is 0. The summed E-state index contributed by atoms with van der Waals surface area (Å²) in [6.45, 7) is 10.4. The van der Waals surface area contributed by atoms with Crippen molar-refractivity contribution in [1.82, 2.24) is 0 Å². The van der Waals surface area contributed by atoms with Crippen LogP contribution in [0.15, 0.2) is 25.0 Å². The zero-order valence-corrected chi connectivity index (χ0v) is 7.50. The highest BCUT2D eigenvalue weighted by atomic mass is 16.6. The Hall–Kier alpha value is -1.25. The summed E-state index contributed by atoms with van der Waals surface area (Å²) >= 11 is 0. The molecule has 1 atom stereocenters. The average molecular weight is 170 g/mol. The number of hydrogen-bond donors (Lipinski definition) is 0. The Balaban J connectivity index is 3.59. The molecule has 0 saturated heterocycles. The van der Waals surface area contributed by atoms with Gasteiger partial charge in [0.1, 0.15) is 18.5 Å². The first-order valence-corrected chi connectivity index (χ1v) is 3.67. The minimum absolute atomic E-state index is 0.181. The minimum Gasteiger partial charge on any atom is -0.488 e. The zero-order chi connectivity index (χ0) is 9.56. The van der Waals surface area contributed by atoms with Crippen molar-refractivity contribution in [2.75, 3.05) is 6.61 Å².